The normalized spacial score (nSPS) is 10.9. The van der Waals surface area contributed by atoms with E-state index in [9.17, 15) is 10.1 Å². The molecule has 23 heavy (non-hydrogen) atoms. The van der Waals surface area contributed by atoms with Crippen molar-refractivity contribution < 1.29 is 9.66 Å². The molecular weight excluding hydrogens is 318 g/mol. The largest absolute Gasteiger partial charge is 0.378 e. The zero-order valence-electron chi connectivity index (χ0n) is 13.3. The van der Waals surface area contributed by atoms with Gasteiger partial charge in [0.15, 0.2) is 5.15 Å². The Kier molecular flexibility index (Phi) is 6.12. The van der Waals surface area contributed by atoms with Crippen LogP contribution < -0.4 is 0 Å². The molecule has 1 heterocycles. The average Bonchev–Trinajstić information content (AvgIpc) is 2.82. The Morgan fingerprint density at radius 2 is 2.04 bits per heavy atom. The second-order valence-electron chi connectivity index (χ2n) is 5.31. The van der Waals surface area contributed by atoms with Crippen molar-refractivity contribution in [2.45, 2.75) is 39.3 Å². The second-order valence-corrected chi connectivity index (χ2v) is 5.67. The first kappa shape index (κ1) is 17.4. The first-order chi connectivity index (χ1) is 11.1. The van der Waals surface area contributed by atoms with Crippen molar-refractivity contribution in [2.24, 2.45) is 0 Å². The van der Waals surface area contributed by atoms with E-state index in [4.69, 9.17) is 16.3 Å². The minimum absolute atomic E-state index is 0.0840. The maximum atomic E-state index is 10.7. The number of aromatic nitrogens is 2. The van der Waals surface area contributed by atoms with Crippen LogP contribution in [0.1, 0.15) is 36.8 Å². The number of nitro groups is 1. The Bertz CT molecular complexity index is 668. The number of methoxy groups -OCH3 is 1. The zero-order chi connectivity index (χ0) is 16.8. The summed E-state index contributed by atoms with van der Waals surface area (Å²) < 4.78 is 7.27. The fourth-order valence-corrected chi connectivity index (χ4v) is 2.65. The lowest BCUT2D eigenvalue weighted by Gasteiger charge is -2.12. The SMILES string of the molecule is CCCCc1nc(Cl)c(COC)n1Cc1ccc([N+](=O)[O-])cc1. The molecule has 0 fully saturated rings. The summed E-state index contributed by atoms with van der Waals surface area (Å²) in [6, 6.07) is 6.53. The molecule has 0 bridgehead atoms. The highest BCUT2D eigenvalue weighted by Crippen LogP contribution is 2.22. The molecule has 2 rings (SSSR count). The molecule has 0 unspecified atom stereocenters. The van der Waals surface area contributed by atoms with E-state index in [2.05, 4.69) is 11.9 Å². The molecule has 0 saturated heterocycles. The number of ether oxygens (including phenoxy) is 1. The van der Waals surface area contributed by atoms with E-state index in [1.807, 2.05) is 4.57 Å². The van der Waals surface area contributed by atoms with E-state index in [1.165, 1.54) is 12.1 Å². The number of imidazole rings is 1. The number of rotatable bonds is 8. The summed E-state index contributed by atoms with van der Waals surface area (Å²) in [5.41, 5.74) is 1.87. The predicted molar refractivity (Wildman–Crippen MR) is 88.8 cm³/mol. The Balaban J connectivity index is 2.30. The summed E-state index contributed by atoms with van der Waals surface area (Å²) in [5.74, 6) is 0.919. The van der Waals surface area contributed by atoms with Gasteiger partial charge in [0, 0.05) is 32.2 Å². The number of nitrogens with zero attached hydrogens (tertiary/aromatic N) is 3. The fraction of sp³-hybridized carbons (Fsp3) is 0.438. The molecule has 1 aromatic carbocycles. The molecule has 0 aliphatic rings. The third kappa shape index (κ3) is 4.30. The minimum atomic E-state index is -0.402. The summed E-state index contributed by atoms with van der Waals surface area (Å²) >= 11 is 6.24. The van der Waals surface area contributed by atoms with Crippen molar-refractivity contribution in [3.8, 4) is 0 Å². The van der Waals surface area contributed by atoms with Crippen molar-refractivity contribution in [1.29, 1.82) is 0 Å². The van der Waals surface area contributed by atoms with Crippen molar-refractivity contribution in [1.82, 2.24) is 9.55 Å². The molecule has 0 aliphatic carbocycles. The van der Waals surface area contributed by atoms with E-state index >= 15 is 0 Å². The highest BCUT2D eigenvalue weighted by molar-refractivity contribution is 6.30. The van der Waals surface area contributed by atoms with Gasteiger partial charge in [0.05, 0.1) is 17.2 Å². The molecule has 0 aliphatic heterocycles. The van der Waals surface area contributed by atoms with Gasteiger partial charge in [-0.3, -0.25) is 10.1 Å². The standard InChI is InChI=1S/C16H20ClN3O3/c1-3-4-5-15-18-16(17)14(11-23-2)19(15)10-12-6-8-13(9-7-12)20(21)22/h6-9H,3-5,10-11H2,1-2H3. The topological polar surface area (TPSA) is 70.2 Å². The molecule has 6 nitrogen and oxygen atoms in total. The van der Waals surface area contributed by atoms with Gasteiger partial charge in [-0.1, -0.05) is 37.1 Å². The van der Waals surface area contributed by atoms with Gasteiger partial charge in [-0.05, 0) is 12.0 Å². The van der Waals surface area contributed by atoms with Gasteiger partial charge < -0.3 is 9.30 Å². The monoisotopic (exact) mass is 337 g/mol. The van der Waals surface area contributed by atoms with E-state index in [0.717, 1.165) is 36.3 Å². The molecule has 7 heteroatoms. The van der Waals surface area contributed by atoms with Crippen LogP contribution in [0, 0.1) is 10.1 Å². The van der Waals surface area contributed by atoms with Crippen LogP contribution in [0.3, 0.4) is 0 Å². The number of non-ortho nitro benzene ring substituents is 1. The van der Waals surface area contributed by atoms with E-state index in [1.54, 1.807) is 19.2 Å². The summed E-state index contributed by atoms with van der Waals surface area (Å²) in [6.07, 6.45) is 2.94. The van der Waals surface area contributed by atoms with Crippen molar-refractivity contribution in [3.63, 3.8) is 0 Å². The van der Waals surface area contributed by atoms with Crippen LogP contribution in [-0.2, 0) is 24.3 Å². The summed E-state index contributed by atoms with van der Waals surface area (Å²) in [6.45, 7) is 3.07. The maximum Gasteiger partial charge on any atom is 0.269 e. The molecule has 0 N–H and O–H groups in total. The van der Waals surface area contributed by atoms with Gasteiger partial charge in [-0.25, -0.2) is 4.98 Å². The highest BCUT2D eigenvalue weighted by Gasteiger charge is 2.16. The number of nitro benzene ring substituents is 1. The molecule has 0 saturated carbocycles. The lowest BCUT2D eigenvalue weighted by atomic mass is 10.2. The Morgan fingerprint density at radius 3 is 2.61 bits per heavy atom. The summed E-state index contributed by atoms with van der Waals surface area (Å²) in [4.78, 5) is 14.8. The lowest BCUT2D eigenvalue weighted by molar-refractivity contribution is -0.384. The van der Waals surface area contributed by atoms with Gasteiger partial charge in [0.1, 0.15) is 5.82 Å². The van der Waals surface area contributed by atoms with Crippen molar-refractivity contribution >= 4 is 17.3 Å². The Hall–Kier alpha value is -1.92. The van der Waals surface area contributed by atoms with Crippen molar-refractivity contribution in [3.05, 3.63) is 56.6 Å². The number of benzene rings is 1. The molecule has 0 atom stereocenters. The molecule has 0 spiro atoms. The highest BCUT2D eigenvalue weighted by atomic mass is 35.5. The minimum Gasteiger partial charge on any atom is -0.378 e. The van der Waals surface area contributed by atoms with Crippen LogP contribution in [0.15, 0.2) is 24.3 Å². The third-order valence-corrected chi connectivity index (χ3v) is 3.93. The molecule has 0 amide bonds. The smallest absolute Gasteiger partial charge is 0.269 e. The van der Waals surface area contributed by atoms with Crippen LogP contribution in [0.5, 0.6) is 0 Å². The molecule has 2 aromatic rings. The molecule has 0 radical (unpaired) electrons. The average molecular weight is 338 g/mol. The van der Waals surface area contributed by atoms with Crippen LogP contribution in [0.2, 0.25) is 5.15 Å². The molecule has 1 aromatic heterocycles. The van der Waals surface area contributed by atoms with Crippen LogP contribution in [-0.4, -0.2) is 21.6 Å². The van der Waals surface area contributed by atoms with E-state index in [-0.39, 0.29) is 5.69 Å². The number of halogens is 1. The van der Waals surface area contributed by atoms with Gasteiger partial charge in [-0.15, -0.1) is 0 Å². The molecular formula is C16H20ClN3O3. The Morgan fingerprint density at radius 1 is 1.35 bits per heavy atom. The first-order valence-corrected chi connectivity index (χ1v) is 7.90. The number of hydrogen-bond donors (Lipinski definition) is 0. The van der Waals surface area contributed by atoms with E-state index in [0.29, 0.717) is 18.3 Å². The summed E-state index contributed by atoms with van der Waals surface area (Å²) in [5, 5.41) is 11.2. The van der Waals surface area contributed by atoms with Gasteiger partial charge in [0.25, 0.3) is 5.69 Å². The number of unbranched alkanes of at least 4 members (excludes halogenated alkanes) is 1. The quantitative estimate of drug-likeness (QED) is 0.539. The van der Waals surface area contributed by atoms with Crippen molar-refractivity contribution in [2.75, 3.05) is 7.11 Å². The maximum absolute atomic E-state index is 10.7. The first-order valence-electron chi connectivity index (χ1n) is 7.52. The molecule has 124 valence electrons. The predicted octanol–water partition coefficient (Wildman–Crippen LogP) is 3.98. The fourth-order valence-electron chi connectivity index (χ4n) is 2.40. The van der Waals surface area contributed by atoms with Crippen LogP contribution in [0.25, 0.3) is 0 Å². The van der Waals surface area contributed by atoms with Crippen LogP contribution >= 0.6 is 11.6 Å². The zero-order valence-corrected chi connectivity index (χ0v) is 14.0. The lowest BCUT2D eigenvalue weighted by Crippen LogP contribution is -2.10. The Labute approximate surface area is 140 Å². The second kappa shape index (κ2) is 8.08. The van der Waals surface area contributed by atoms with Gasteiger partial charge in [-0.2, -0.15) is 0 Å². The summed E-state index contributed by atoms with van der Waals surface area (Å²) in [7, 11) is 1.62. The number of hydrogen-bond acceptors (Lipinski definition) is 4. The van der Waals surface area contributed by atoms with E-state index < -0.39 is 4.92 Å². The number of aryl methyl sites for hydroxylation is 1. The van der Waals surface area contributed by atoms with Gasteiger partial charge in [0.2, 0.25) is 0 Å². The van der Waals surface area contributed by atoms with Gasteiger partial charge >= 0.3 is 0 Å². The van der Waals surface area contributed by atoms with Crippen LogP contribution in [0.4, 0.5) is 5.69 Å². The third-order valence-electron chi connectivity index (χ3n) is 3.63.